The number of aliphatic hydroxyl groups is 1. The molecule has 2 N–H and O–H groups in total. The molecule has 200 valence electrons. The summed E-state index contributed by atoms with van der Waals surface area (Å²) in [6, 6.07) is 15.6. The number of carbonyl (C=O) groups excluding carboxylic acids is 2. The number of hydrogen-bond acceptors (Lipinski definition) is 6. The van der Waals surface area contributed by atoms with E-state index in [4.69, 9.17) is 9.47 Å². The van der Waals surface area contributed by atoms with E-state index in [0.29, 0.717) is 32.6 Å². The van der Waals surface area contributed by atoms with E-state index in [1.807, 2.05) is 43.3 Å². The minimum atomic E-state index is -0.838. The number of nitrogens with one attached hydrogen (secondary N) is 1. The Bertz CT molecular complexity index is 1070. The van der Waals surface area contributed by atoms with Crippen molar-refractivity contribution < 1.29 is 24.2 Å². The van der Waals surface area contributed by atoms with Crippen molar-refractivity contribution in [1.82, 2.24) is 15.1 Å². The Morgan fingerprint density at radius 3 is 2.30 bits per heavy atom. The van der Waals surface area contributed by atoms with Crippen LogP contribution in [0.1, 0.15) is 50.7 Å². The second kappa shape index (κ2) is 11.5. The third kappa shape index (κ3) is 7.23. The van der Waals surface area contributed by atoms with Gasteiger partial charge in [-0.2, -0.15) is 0 Å². The third-order valence-corrected chi connectivity index (χ3v) is 7.11. The van der Waals surface area contributed by atoms with Crippen molar-refractivity contribution in [3.8, 4) is 11.5 Å². The Hall–Kier alpha value is -3.10. The Morgan fingerprint density at radius 2 is 1.62 bits per heavy atom. The Balaban J connectivity index is 1.18. The zero-order valence-electron chi connectivity index (χ0n) is 22.2. The molecule has 0 bridgehead atoms. The van der Waals surface area contributed by atoms with E-state index in [-0.39, 0.29) is 11.9 Å². The summed E-state index contributed by atoms with van der Waals surface area (Å²) in [6.07, 6.45) is 2.89. The topological polar surface area (TPSA) is 91.3 Å². The fraction of sp³-hybridized carbons (Fsp3) is 0.517. The van der Waals surface area contributed by atoms with E-state index in [1.165, 1.54) is 16.0 Å². The second-order valence-electron chi connectivity index (χ2n) is 10.8. The van der Waals surface area contributed by atoms with E-state index < -0.39 is 11.1 Å². The van der Waals surface area contributed by atoms with Crippen LogP contribution in [0.4, 0.5) is 4.79 Å². The van der Waals surface area contributed by atoms with Gasteiger partial charge in [-0.1, -0.05) is 29.8 Å². The summed E-state index contributed by atoms with van der Waals surface area (Å²) in [6.45, 7) is 9.09. The molecule has 37 heavy (non-hydrogen) atoms. The summed E-state index contributed by atoms with van der Waals surface area (Å²) < 4.78 is 11.7. The quantitative estimate of drug-likeness (QED) is 0.373. The van der Waals surface area contributed by atoms with Crippen molar-refractivity contribution >= 4 is 11.9 Å². The lowest BCUT2D eigenvalue weighted by Gasteiger charge is -2.27. The number of nitrogens with zero attached hydrogens (tertiary/aromatic N) is 2. The van der Waals surface area contributed by atoms with Gasteiger partial charge >= 0.3 is 6.03 Å². The number of imide groups is 1. The van der Waals surface area contributed by atoms with Crippen LogP contribution in [0.15, 0.2) is 48.5 Å². The minimum absolute atomic E-state index is 0.201. The first kappa shape index (κ1) is 26.9. The first-order chi connectivity index (χ1) is 17.6. The number of carbonyl (C=O) groups is 2. The fourth-order valence-electron chi connectivity index (χ4n) is 4.77. The maximum atomic E-state index is 12.2. The van der Waals surface area contributed by atoms with Gasteiger partial charge in [0.05, 0.1) is 12.2 Å². The van der Waals surface area contributed by atoms with Gasteiger partial charge in [-0.05, 0) is 82.8 Å². The molecule has 2 aliphatic rings. The van der Waals surface area contributed by atoms with Crippen LogP contribution in [-0.4, -0.2) is 70.8 Å². The maximum Gasteiger partial charge on any atom is 0.325 e. The number of aryl methyl sites for hydroxylation is 1. The van der Waals surface area contributed by atoms with Gasteiger partial charge in [-0.25, -0.2) is 4.79 Å². The number of likely N-dealkylation sites (tertiary alicyclic amines) is 1. The third-order valence-electron chi connectivity index (χ3n) is 7.11. The number of benzene rings is 2. The normalized spacial score (nSPS) is 22.0. The van der Waals surface area contributed by atoms with Gasteiger partial charge in [0, 0.05) is 19.6 Å². The molecular formula is C29H39N3O5. The van der Waals surface area contributed by atoms with Gasteiger partial charge in [0.1, 0.15) is 23.6 Å². The van der Waals surface area contributed by atoms with Crippen LogP contribution in [0.25, 0.3) is 0 Å². The summed E-state index contributed by atoms with van der Waals surface area (Å²) in [4.78, 5) is 27.8. The van der Waals surface area contributed by atoms with Crippen LogP contribution in [0, 0.1) is 6.92 Å². The maximum absolute atomic E-state index is 12.2. The number of amides is 3. The minimum Gasteiger partial charge on any atom is -0.494 e. The molecule has 4 rings (SSSR count). The molecule has 0 saturated carbocycles. The van der Waals surface area contributed by atoms with Crippen LogP contribution in [0.5, 0.6) is 11.5 Å². The summed E-state index contributed by atoms with van der Waals surface area (Å²) >= 11 is 0. The van der Waals surface area contributed by atoms with Crippen molar-refractivity contribution in [1.29, 1.82) is 0 Å². The van der Waals surface area contributed by atoms with Crippen LogP contribution in [0.2, 0.25) is 0 Å². The highest BCUT2D eigenvalue weighted by atomic mass is 16.5. The van der Waals surface area contributed by atoms with Gasteiger partial charge in [0.2, 0.25) is 0 Å². The SMILES string of the molecule is Cc1ccc(OCC2(O)CCCN(Cc3ccc(OCCCN4C(=O)NC(C)(C)C4=O)cc3)CC2)cc1. The lowest BCUT2D eigenvalue weighted by Crippen LogP contribution is -2.40. The highest BCUT2D eigenvalue weighted by Gasteiger charge is 2.43. The largest absolute Gasteiger partial charge is 0.494 e. The number of rotatable bonds is 10. The van der Waals surface area contributed by atoms with Gasteiger partial charge in [0.25, 0.3) is 5.91 Å². The predicted molar refractivity (Wildman–Crippen MR) is 142 cm³/mol. The Labute approximate surface area is 219 Å². The van der Waals surface area contributed by atoms with Crippen LogP contribution in [-0.2, 0) is 11.3 Å². The van der Waals surface area contributed by atoms with Gasteiger partial charge in [-0.15, -0.1) is 0 Å². The lowest BCUT2D eigenvalue weighted by molar-refractivity contribution is -0.130. The van der Waals surface area contributed by atoms with Gasteiger partial charge in [-0.3, -0.25) is 14.6 Å². The highest BCUT2D eigenvalue weighted by Crippen LogP contribution is 2.25. The van der Waals surface area contributed by atoms with Crippen molar-refractivity contribution in [3.63, 3.8) is 0 Å². The first-order valence-electron chi connectivity index (χ1n) is 13.1. The van der Waals surface area contributed by atoms with Crippen LogP contribution in [0.3, 0.4) is 0 Å². The van der Waals surface area contributed by atoms with E-state index in [2.05, 4.69) is 22.3 Å². The highest BCUT2D eigenvalue weighted by molar-refractivity contribution is 6.06. The van der Waals surface area contributed by atoms with Crippen LogP contribution < -0.4 is 14.8 Å². The molecule has 2 heterocycles. The molecule has 2 aromatic rings. The Morgan fingerprint density at radius 1 is 0.946 bits per heavy atom. The molecule has 8 heteroatoms. The molecule has 0 aromatic heterocycles. The van der Waals surface area contributed by atoms with Crippen molar-refractivity contribution in [2.75, 3.05) is 32.8 Å². The monoisotopic (exact) mass is 509 g/mol. The zero-order chi connectivity index (χ0) is 26.5. The zero-order valence-corrected chi connectivity index (χ0v) is 22.2. The number of hydrogen-bond donors (Lipinski definition) is 2. The van der Waals surface area contributed by atoms with E-state index in [0.717, 1.165) is 44.0 Å². The van der Waals surface area contributed by atoms with E-state index in [1.54, 1.807) is 13.8 Å². The molecule has 2 aromatic carbocycles. The molecular weight excluding hydrogens is 470 g/mol. The standard InChI is InChI=1S/C29H39N3O5/c1-22-6-10-25(11-7-22)37-21-29(35)14-4-16-31(18-15-29)20-23-8-12-24(13-9-23)36-19-5-17-32-26(33)28(2,3)30-27(32)34/h6-13,35H,4-5,14-21H2,1-3H3,(H,30,34). The fourth-order valence-corrected chi connectivity index (χ4v) is 4.77. The molecule has 1 unspecified atom stereocenters. The number of urea groups is 1. The van der Waals surface area contributed by atoms with Crippen molar-refractivity contribution in [2.45, 2.75) is 64.1 Å². The average molecular weight is 510 g/mol. The second-order valence-corrected chi connectivity index (χ2v) is 10.8. The average Bonchev–Trinajstić information content (AvgIpc) is 2.97. The predicted octanol–water partition coefficient (Wildman–Crippen LogP) is 3.89. The summed E-state index contributed by atoms with van der Waals surface area (Å²) in [5.74, 6) is 1.36. The molecule has 3 amide bonds. The molecule has 0 radical (unpaired) electrons. The van der Waals surface area contributed by atoms with Gasteiger partial charge in [0.15, 0.2) is 0 Å². The van der Waals surface area contributed by atoms with Crippen molar-refractivity contribution in [2.24, 2.45) is 0 Å². The smallest absolute Gasteiger partial charge is 0.325 e. The molecule has 8 nitrogen and oxygen atoms in total. The Kier molecular flexibility index (Phi) is 8.39. The van der Waals surface area contributed by atoms with Gasteiger partial charge < -0.3 is 19.9 Å². The molecule has 2 fully saturated rings. The van der Waals surface area contributed by atoms with E-state index >= 15 is 0 Å². The number of ether oxygens (including phenoxy) is 2. The summed E-state index contributed by atoms with van der Waals surface area (Å²) in [5.41, 5.74) is 0.725. The first-order valence-corrected chi connectivity index (χ1v) is 13.1. The van der Waals surface area contributed by atoms with E-state index in [9.17, 15) is 14.7 Å². The summed E-state index contributed by atoms with van der Waals surface area (Å²) in [5, 5.41) is 13.8. The van der Waals surface area contributed by atoms with Crippen LogP contribution >= 0.6 is 0 Å². The molecule has 2 aliphatic heterocycles. The van der Waals surface area contributed by atoms with Crippen molar-refractivity contribution in [3.05, 3.63) is 59.7 Å². The molecule has 0 aliphatic carbocycles. The summed E-state index contributed by atoms with van der Waals surface area (Å²) in [7, 11) is 0. The molecule has 0 spiro atoms. The molecule has 2 saturated heterocycles. The molecule has 1 atom stereocenters. The lowest BCUT2D eigenvalue weighted by atomic mass is 9.96.